The van der Waals surface area contributed by atoms with Crippen LogP contribution >= 0.6 is 0 Å². The standard InChI is InChI=1S/C32H26F3N3O3/c33-22-13-10-19(11-14-22)28(23(16-17-39)21-12-15-25(34)26(35)18-21)31(40)38-30-32(41)36-27-9-5-4-8-24(27)29(37-30)20-6-2-1-3-7-20/h1-15,18,23,28,30,39H,16-17H2,(H,36,41)(H,38,40)/t23-,28+,30-/m1/s1. The molecule has 0 fully saturated rings. The van der Waals surface area contributed by atoms with Crippen molar-refractivity contribution in [1.82, 2.24) is 5.32 Å². The van der Waals surface area contributed by atoms with Crippen LogP contribution in [0.3, 0.4) is 0 Å². The number of aliphatic hydroxyl groups excluding tert-OH is 1. The number of benzene rings is 4. The molecule has 9 heteroatoms. The molecule has 208 valence electrons. The Morgan fingerprint density at radius 3 is 2.27 bits per heavy atom. The third kappa shape index (κ3) is 6.05. The molecule has 1 heterocycles. The van der Waals surface area contributed by atoms with Crippen LogP contribution in [0.4, 0.5) is 18.9 Å². The monoisotopic (exact) mass is 557 g/mol. The van der Waals surface area contributed by atoms with E-state index in [1.807, 2.05) is 42.5 Å². The molecule has 4 aromatic carbocycles. The molecule has 5 rings (SSSR count). The van der Waals surface area contributed by atoms with E-state index in [0.717, 1.165) is 17.7 Å². The molecule has 1 aliphatic rings. The van der Waals surface area contributed by atoms with Gasteiger partial charge in [0.05, 0.1) is 17.3 Å². The highest BCUT2D eigenvalue weighted by Crippen LogP contribution is 2.37. The molecule has 0 spiro atoms. The average molecular weight is 558 g/mol. The van der Waals surface area contributed by atoms with E-state index < -0.39 is 47.3 Å². The lowest BCUT2D eigenvalue weighted by atomic mass is 9.78. The Hall–Kier alpha value is -4.76. The Labute approximate surface area is 234 Å². The first-order valence-corrected chi connectivity index (χ1v) is 13.0. The van der Waals surface area contributed by atoms with Gasteiger partial charge >= 0.3 is 0 Å². The van der Waals surface area contributed by atoms with Crippen LogP contribution in [0.15, 0.2) is 102 Å². The highest BCUT2D eigenvalue weighted by molar-refractivity contribution is 6.19. The van der Waals surface area contributed by atoms with Gasteiger partial charge in [0.15, 0.2) is 11.6 Å². The zero-order chi connectivity index (χ0) is 28.9. The number of halogens is 3. The van der Waals surface area contributed by atoms with Crippen molar-refractivity contribution in [3.8, 4) is 0 Å². The van der Waals surface area contributed by atoms with Crippen LogP contribution in [0.5, 0.6) is 0 Å². The molecule has 0 saturated carbocycles. The Kier molecular flexibility index (Phi) is 8.26. The Morgan fingerprint density at radius 1 is 0.878 bits per heavy atom. The second-order valence-electron chi connectivity index (χ2n) is 9.61. The minimum atomic E-state index is -1.35. The Bertz CT molecular complexity index is 1590. The van der Waals surface area contributed by atoms with Crippen molar-refractivity contribution in [3.63, 3.8) is 0 Å². The van der Waals surface area contributed by atoms with Crippen molar-refractivity contribution in [3.05, 3.63) is 137 Å². The Morgan fingerprint density at radius 2 is 1.56 bits per heavy atom. The summed E-state index contributed by atoms with van der Waals surface area (Å²) < 4.78 is 41.8. The number of carbonyl (C=O) groups is 2. The quantitative estimate of drug-likeness (QED) is 0.275. The minimum absolute atomic E-state index is 0.00136. The van der Waals surface area contributed by atoms with E-state index in [4.69, 9.17) is 0 Å². The molecule has 0 aliphatic carbocycles. The molecule has 0 radical (unpaired) electrons. The molecule has 0 saturated heterocycles. The van der Waals surface area contributed by atoms with E-state index in [-0.39, 0.29) is 18.6 Å². The number of amides is 2. The van der Waals surface area contributed by atoms with Crippen LogP contribution in [0, 0.1) is 17.5 Å². The molecule has 41 heavy (non-hydrogen) atoms. The maximum absolute atomic E-state index is 14.2. The largest absolute Gasteiger partial charge is 0.396 e. The van der Waals surface area contributed by atoms with E-state index in [9.17, 15) is 27.9 Å². The lowest BCUT2D eigenvalue weighted by Crippen LogP contribution is -2.45. The second-order valence-corrected chi connectivity index (χ2v) is 9.61. The fraction of sp³-hybridized carbons (Fsp3) is 0.156. The van der Waals surface area contributed by atoms with Gasteiger partial charge in [-0.3, -0.25) is 9.59 Å². The second kappa shape index (κ2) is 12.2. The summed E-state index contributed by atoms with van der Waals surface area (Å²) in [7, 11) is 0. The van der Waals surface area contributed by atoms with E-state index in [2.05, 4.69) is 15.6 Å². The van der Waals surface area contributed by atoms with Crippen LogP contribution in [0.2, 0.25) is 0 Å². The summed E-state index contributed by atoms with van der Waals surface area (Å²) in [4.78, 5) is 32.0. The van der Waals surface area contributed by atoms with Gasteiger partial charge in [0, 0.05) is 23.7 Å². The highest BCUT2D eigenvalue weighted by Gasteiger charge is 2.35. The van der Waals surface area contributed by atoms with Crippen molar-refractivity contribution in [2.45, 2.75) is 24.4 Å². The predicted octanol–water partition coefficient (Wildman–Crippen LogP) is 5.29. The number of para-hydroxylation sites is 1. The van der Waals surface area contributed by atoms with Gasteiger partial charge in [-0.2, -0.15) is 0 Å². The maximum atomic E-state index is 14.2. The van der Waals surface area contributed by atoms with Gasteiger partial charge < -0.3 is 15.7 Å². The molecule has 0 unspecified atom stereocenters. The fourth-order valence-electron chi connectivity index (χ4n) is 5.05. The summed E-state index contributed by atoms with van der Waals surface area (Å²) >= 11 is 0. The van der Waals surface area contributed by atoms with Crippen LogP contribution in [0.25, 0.3) is 0 Å². The van der Waals surface area contributed by atoms with E-state index in [1.165, 1.54) is 30.3 Å². The molecule has 1 aliphatic heterocycles. The van der Waals surface area contributed by atoms with Crippen LogP contribution in [-0.2, 0) is 9.59 Å². The number of rotatable bonds is 8. The number of hydrogen-bond donors (Lipinski definition) is 3. The molecule has 0 bridgehead atoms. The number of anilines is 1. The van der Waals surface area contributed by atoms with Crippen LogP contribution < -0.4 is 10.6 Å². The fourth-order valence-corrected chi connectivity index (χ4v) is 5.05. The van der Waals surface area contributed by atoms with Crippen LogP contribution in [-0.4, -0.2) is 35.4 Å². The van der Waals surface area contributed by atoms with Gasteiger partial charge in [0.1, 0.15) is 5.82 Å². The summed E-state index contributed by atoms with van der Waals surface area (Å²) in [5, 5.41) is 15.4. The first-order valence-electron chi connectivity index (χ1n) is 13.0. The summed E-state index contributed by atoms with van der Waals surface area (Å²) in [6, 6.07) is 24.8. The molecular formula is C32H26F3N3O3. The lowest BCUT2D eigenvalue weighted by molar-refractivity contribution is -0.127. The Balaban J connectivity index is 1.57. The van der Waals surface area contributed by atoms with Gasteiger partial charge in [0.2, 0.25) is 12.1 Å². The number of aliphatic imine (C=N–C) groups is 1. The number of nitrogens with zero attached hydrogens (tertiary/aromatic N) is 1. The van der Waals surface area contributed by atoms with Gasteiger partial charge in [-0.15, -0.1) is 0 Å². The molecule has 3 atom stereocenters. The normalized spacial score (nSPS) is 16.0. The molecule has 0 aromatic heterocycles. The number of nitrogens with one attached hydrogen (secondary N) is 2. The number of carbonyl (C=O) groups excluding carboxylic acids is 2. The zero-order valence-corrected chi connectivity index (χ0v) is 21.7. The minimum Gasteiger partial charge on any atom is -0.396 e. The summed E-state index contributed by atoms with van der Waals surface area (Å²) in [6.45, 7) is -0.371. The number of hydrogen-bond acceptors (Lipinski definition) is 4. The summed E-state index contributed by atoms with van der Waals surface area (Å²) in [5.74, 6) is -5.90. The molecule has 3 N–H and O–H groups in total. The van der Waals surface area contributed by atoms with Crippen molar-refractivity contribution >= 4 is 23.2 Å². The van der Waals surface area contributed by atoms with Crippen LogP contribution in [0.1, 0.15) is 40.5 Å². The van der Waals surface area contributed by atoms with Crippen molar-refractivity contribution in [2.24, 2.45) is 4.99 Å². The average Bonchev–Trinajstić information content (AvgIpc) is 3.11. The zero-order valence-electron chi connectivity index (χ0n) is 21.7. The molecule has 4 aromatic rings. The summed E-state index contributed by atoms with van der Waals surface area (Å²) in [5.41, 5.74) is 3.01. The van der Waals surface area contributed by atoms with Crippen molar-refractivity contribution < 1.29 is 27.9 Å². The van der Waals surface area contributed by atoms with E-state index in [0.29, 0.717) is 22.5 Å². The third-order valence-electron chi connectivity index (χ3n) is 7.00. The SMILES string of the molecule is O=C1Nc2ccccc2C(c2ccccc2)=N[C@@H]1NC(=O)[C@@H](c1ccc(F)cc1)[C@H](CCO)c1ccc(F)c(F)c1. The molecular weight excluding hydrogens is 531 g/mol. The van der Waals surface area contributed by atoms with E-state index in [1.54, 1.807) is 12.1 Å². The number of aliphatic hydroxyl groups is 1. The molecule has 2 amide bonds. The number of fused-ring (bicyclic) bond motifs is 1. The number of benzodiazepines with no additional fused rings is 1. The maximum Gasteiger partial charge on any atom is 0.269 e. The van der Waals surface area contributed by atoms with Gasteiger partial charge in [-0.05, 0) is 47.9 Å². The first-order chi connectivity index (χ1) is 19.9. The topological polar surface area (TPSA) is 90.8 Å². The van der Waals surface area contributed by atoms with E-state index >= 15 is 0 Å². The van der Waals surface area contributed by atoms with Gasteiger partial charge in [-0.1, -0.05) is 66.7 Å². The molecule has 6 nitrogen and oxygen atoms in total. The lowest BCUT2D eigenvalue weighted by Gasteiger charge is -2.28. The van der Waals surface area contributed by atoms with Gasteiger partial charge in [0.25, 0.3) is 5.91 Å². The summed E-state index contributed by atoms with van der Waals surface area (Å²) in [6.07, 6.45) is -1.35. The van der Waals surface area contributed by atoms with Crippen molar-refractivity contribution in [1.29, 1.82) is 0 Å². The predicted molar refractivity (Wildman–Crippen MR) is 149 cm³/mol. The smallest absolute Gasteiger partial charge is 0.269 e. The van der Waals surface area contributed by atoms with Gasteiger partial charge in [-0.25, -0.2) is 18.2 Å². The first kappa shape index (κ1) is 27.8. The third-order valence-corrected chi connectivity index (χ3v) is 7.00. The van der Waals surface area contributed by atoms with Crippen molar-refractivity contribution in [2.75, 3.05) is 11.9 Å². The highest BCUT2D eigenvalue weighted by atomic mass is 19.2.